The van der Waals surface area contributed by atoms with Gasteiger partial charge in [0.05, 0.1) is 5.56 Å². The molecule has 0 saturated carbocycles. The van der Waals surface area contributed by atoms with Crippen LogP contribution in [-0.4, -0.2) is 28.0 Å². The summed E-state index contributed by atoms with van der Waals surface area (Å²) < 4.78 is 13.5. The second-order valence-corrected chi connectivity index (χ2v) is 6.27. The normalized spacial score (nSPS) is 11.1. The molecule has 0 unspecified atom stereocenters. The average molecular weight is 316 g/mol. The highest BCUT2D eigenvalue weighted by Crippen LogP contribution is 2.09. The van der Waals surface area contributed by atoms with Crippen LogP contribution in [0, 0.1) is 5.82 Å². The van der Waals surface area contributed by atoms with Gasteiger partial charge in [-0.25, -0.2) is 14.4 Å². The summed E-state index contributed by atoms with van der Waals surface area (Å²) >= 11 is 0. The lowest BCUT2D eigenvalue weighted by Crippen LogP contribution is -2.28. The van der Waals surface area contributed by atoms with Gasteiger partial charge in [0.2, 0.25) is 5.95 Å². The number of hydrogen-bond donors (Lipinski definition) is 2. The van der Waals surface area contributed by atoms with E-state index >= 15 is 0 Å². The van der Waals surface area contributed by atoms with E-state index in [4.69, 9.17) is 0 Å². The topological polar surface area (TPSA) is 66.9 Å². The van der Waals surface area contributed by atoms with Crippen molar-refractivity contribution in [3.63, 3.8) is 0 Å². The minimum absolute atomic E-state index is 0.149. The summed E-state index contributed by atoms with van der Waals surface area (Å²) in [5, 5.41) is 5.86. The molecule has 0 saturated heterocycles. The molecule has 23 heavy (non-hydrogen) atoms. The van der Waals surface area contributed by atoms with Crippen molar-refractivity contribution in [3.05, 3.63) is 53.6 Å². The number of hydrogen-bond acceptors (Lipinski definition) is 4. The standard InChI is InChI=1S/C17H21FN4O/c1-17(2,3)22-16-20-10-13(11-21-16)15(23)19-9-8-12-6-4-5-7-14(12)18/h4-7,10-11H,8-9H2,1-3H3,(H,19,23)(H,20,21,22). The maximum atomic E-state index is 13.5. The van der Waals surface area contributed by atoms with Gasteiger partial charge in [0.15, 0.2) is 0 Å². The number of aromatic nitrogens is 2. The Labute approximate surface area is 135 Å². The minimum Gasteiger partial charge on any atom is -0.352 e. The molecule has 0 aliphatic rings. The lowest BCUT2D eigenvalue weighted by molar-refractivity contribution is 0.0953. The fourth-order valence-electron chi connectivity index (χ4n) is 1.96. The van der Waals surface area contributed by atoms with Crippen LogP contribution in [0.3, 0.4) is 0 Å². The molecule has 0 aliphatic carbocycles. The number of nitrogens with zero attached hydrogens (tertiary/aromatic N) is 2. The van der Waals surface area contributed by atoms with Crippen LogP contribution in [0.4, 0.5) is 10.3 Å². The van der Waals surface area contributed by atoms with Crippen molar-refractivity contribution in [2.24, 2.45) is 0 Å². The van der Waals surface area contributed by atoms with Gasteiger partial charge in [0.1, 0.15) is 5.82 Å². The summed E-state index contributed by atoms with van der Waals surface area (Å²) in [6, 6.07) is 6.53. The van der Waals surface area contributed by atoms with Gasteiger partial charge in [-0.2, -0.15) is 0 Å². The lowest BCUT2D eigenvalue weighted by atomic mass is 10.1. The van der Waals surface area contributed by atoms with Gasteiger partial charge in [-0.05, 0) is 38.8 Å². The second-order valence-electron chi connectivity index (χ2n) is 6.27. The third-order valence-electron chi connectivity index (χ3n) is 3.04. The minimum atomic E-state index is -0.274. The molecule has 5 nitrogen and oxygen atoms in total. The maximum Gasteiger partial charge on any atom is 0.254 e. The van der Waals surface area contributed by atoms with E-state index in [9.17, 15) is 9.18 Å². The van der Waals surface area contributed by atoms with Crippen LogP contribution in [0.25, 0.3) is 0 Å². The van der Waals surface area contributed by atoms with Crippen LogP contribution >= 0.6 is 0 Å². The fourth-order valence-corrected chi connectivity index (χ4v) is 1.96. The van der Waals surface area contributed by atoms with Crippen LogP contribution in [0.15, 0.2) is 36.7 Å². The van der Waals surface area contributed by atoms with Crippen molar-refractivity contribution in [2.75, 3.05) is 11.9 Å². The van der Waals surface area contributed by atoms with E-state index in [2.05, 4.69) is 20.6 Å². The van der Waals surface area contributed by atoms with Crippen molar-refractivity contribution in [1.82, 2.24) is 15.3 Å². The van der Waals surface area contributed by atoms with Crippen LogP contribution in [-0.2, 0) is 6.42 Å². The summed E-state index contributed by atoms with van der Waals surface area (Å²) in [4.78, 5) is 20.3. The van der Waals surface area contributed by atoms with E-state index in [0.717, 1.165) is 0 Å². The summed E-state index contributed by atoms with van der Waals surface area (Å²) in [7, 11) is 0. The molecule has 6 heteroatoms. The van der Waals surface area contributed by atoms with E-state index in [0.29, 0.717) is 30.0 Å². The molecule has 0 spiro atoms. The molecule has 0 radical (unpaired) electrons. The van der Waals surface area contributed by atoms with E-state index in [-0.39, 0.29) is 17.3 Å². The van der Waals surface area contributed by atoms with Gasteiger partial charge in [-0.1, -0.05) is 18.2 Å². The molecular formula is C17H21FN4O. The van der Waals surface area contributed by atoms with E-state index in [1.54, 1.807) is 18.2 Å². The molecular weight excluding hydrogens is 295 g/mol. The highest BCUT2D eigenvalue weighted by Gasteiger charge is 2.12. The summed E-state index contributed by atoms with van der Waals surface area (Å²) in [5.74, 6) is -0.0632. The molecule has 1 aromatic heterocycles. The van der Waals surface area contributed by atoms with E-state index in [1.807, 2.05) is 20.8 Å². The molecule has 1 aromatic carbocycles. The van der Waals surface area contributed by atoms with E-state index in [1.165, 1.54) is 18.5 Å². The Morgan fingerprint density at radius 2 is 1.83 bits per heavy atom. The van der Waals surface area contributed by atoms with Gasteiger partial charge < -0.3 is 10.6 Å². The smallest absolute Gasteiger partial charge is 0.254 e. The molecule has 2 aromatic rings. The van der Waals surface area contributed by atoms with Gasteiger partial charge >= 0.3 is 0 Å². The second kappa shape index (κ2) is 7.17. The van der Waals surface area contributed by atoms with Crippen LogP contribution < -0.4 is 10.6 Å². The summed E-state index contributed by atoms with van der Waals surface area (Å²) in [6.45, 7) is 6.35. The summed E-state index contributed by atoms with van der Waals surface area (Å²) in [6.07, 6.45) is 3.38. The molecule has 2 N–H and O–H groups in total. The van der Waals surface area contributed by atoms with Crippen molar-refractivity contribution in [3.8, 4) is 0 Å². The zero-order chi connectivity index (χ0) is 16.9. The predicted octanol–water partition coefficient (Wildman–Crippen LogP) is 2.80. The first-order valence-corrected chi connectivity index (χ1v) is 7.47. The largest absolute Gasteiger partial charge is 0.352 e. The molecule has 1 amide bonds. The molecule has 1 heterocycles. The number of carbonyl (C=O) groups is 1. The highest BCUT2D eigenvalue weighted by atomic mass is 19.1. The maximum absolute atomic E-state index is 13.5. The molecule has 0 atom stereocenters. The van der Waals surface area contributed by atoms with Crippen molar-refractivity contribution >= 4 is 11.9 Å². The predicted molar refractivity (Wildman–Crippen MR) is 87.8 cm³/mol. The zero-order valence-corrected chi connectivity index (χ0v) is 13.6. The Hall–Kier alpha value is -2.50. The number of carbonyl (C=O) groups excluding carboxylic acids is 1. The zero-order valence-electron chi connectivity index (χ0n) is 13.6. The SMILES string of the molecule is CC(C)(C)Nc1ncc(C(=O)NCCc2ccccc2F)cn1. The van der Waals surface area contributed by atoms with Crippen molar-refractivity contribution in [2.45, 2.75) is 32.7 Å². The number of halogens is 1. The Morgan fingerprint density at radius 1 is 1.17 bits per heavy atom. The first-order chi connectivity index (χ1) is 10.8. The monoisotopic (exact) mass is 316 g/mol. The van der Waals surface area contributed by atoms with Crippen LogP contribution in [0.5, 0.6) is 0 Å². The first kappa shape index (κ1) is 16.9. The quantitative estimate of drug-likeness (QED) is 0.890. The number of rotatable bonds is 5. The third-order valence-corrected chi connectivity index (χ3v) is 3.04. The van der Waals surface area contributed by atoms with Crippen molar-refractivity contribution < 1.29 is 9.18 Å². The van der Waals surface area contributed by atoms with Gasteiger partial charge in [-0.15, -0.1) is 0 Å². The highest BCUT2D eigenvalue weighted by molar-refractivity contribution is 5.93. The van der Waals surface area contributed by atoms with Crippen LogP contribution in [0.1, 0.15) is 36.7 Å². The first-order valence-electron chi connectivity index (χ1n) is 7.47. The third kappa shape index (κ3) is 5.32. The number of anilines is 1. The molecule has 2 rings (SSSR count). The van der Waals surface area contributed by atoms with Gasteiger partial charge in [0, 0.05) is 24.5 Å². The lowest BCUT2D eigenvalue weighted by Gasteiger charge is -2.20. The molecule has 0 bridgehead atoms. The number of nitrogens with one attached hydrogen (secondary N) is 2. The van der Waals surface area contributed by atoms with Gasteiger partial charge in [-0.3, -0.25) is 4.79 Å². The Morgan fingerprint density at radius 3 is 2.43 bits per heavy atom. The number of benzene rings is 1. The molecule has 0 fully saturated rings. The Bertz CT molecular complexity index is 665. The van der Waals surface area contributed by atoms with Crippen molar-refractivity contribution in [1.29, 1.82) is 0 Å². The average Bonchev–Trinajstić information content (AvgIpc) is 2.48. The summed E-state index contributed by atoms with van der Waals surface area (Å²) in [5.41, 5.74) is 0.801. The Balaban J connectivity index is 1.87. The molecule has 0 aliphatic heterocycles. The fraction of sp³-hybridized carbons (Fsp3) is 0.353. The Kier molecular flexibility index (Phi) is 5.26. The number of amides is 1. The van der Waals surface area contributed by atoms with Gasteiger partial charge in [0.25, 0.3) is 5.91 Å². The molecule has 122 valence electrons. The van der Waals surface area contributed by atoms with Crippen LogP contribution in [0.2, 0.25) is 0 Å². The van der Waals surface area contributed by atoms with E-state index < -0.39 is 0 Å².